The maximum absolute atomic E-state index is 11.4. The van der Waals surface area contributed by atoms with E-state index in [9.17, 15) is 9.90 Å². The molecule has 0 saturated carbocycles. The van der Waals surface area contributed by atoms with Crippen LogP contribution < -0.4 is 4.90 Å². The van der Waals surface area contributed by atoms with Gasteiger partial charge >= 0.3 is 5.97 Å². The Morgan fingerprint density at radius 2 is 2.00 bits per heavy atom. The van der Waals surface area contributed by atoms with Crippen molar-refractivity contribution in [3.8, 4) is 0 Å². The fourth-order valence-electron chi connectivity index (χ4n) is 2.19. The molecule has 0 bridgehead atoms. The van der Waals surface area contributed by atoms with Crippen LogP contribution in [0.5, 0.6) is 0 Å². The predicted octanol–water partition coefficient (Wildman–Crippen LogP) is 5.00. The first kappa shape index (κ1) is 15.9. The lowest BCUT2D eigenvalue weighted by Gasteiger charge is -2.29. The van der Waals surface area contributed by atoms with Crippen LogP contribution in [0.4, 0.5) is 5.69 Å². The van der Waals surface area contributed by atoms with Gasteiger partial charge < -0.3 is 10.0 Å². The lowest BCUT2D eigenvalue weighted by molar-refractivity contribution is 0.0697. The molecule has 0 aliphatic carbocycles. The summed E-state index contributed by atoms with van der Waals surface area (Å²) in [6.45, 7) is 2.01. The molecule has 0 saturated heterocycles. The van der Waals surface area contributed by atoms with E-state index in [0.717, 1.165) is 10.0 Å². The van der Waals surface area contributed by atoms with Gasteiger partial charge in [-0.1, -0.05) is 39.7 Å². The summed E-state index contributed by atoms with van der Waals surface area (Å²) in [5.41, 5.74) is 1.96. The third-order valence-corrected chi connectivity index (χ3v) is 4.21. The fraction of sp³-hybridized carbons (Fsp3) is 0.188. The van der Waals surface area contributed by atoms with Gasteiger partial charge in [0.25, 0.3) is 0 Å². The topological polar surface area (TPSA) is 40.5 Å². The summed E-state index contributed by atoms with van der Waals surface area (Å²) in [7, 11) is 1.88. The molecule has 1 unspecified atom stereocenters. The molecular weight excluding hydrogens is 354 g/mol. The van der Waals surface area contributed by atoms with Crippen molar-refractivity contribution in [3.05, 3.63) is 63.1 Å². The third-order valence-electron chi connectivity index (χ3n) is 3.48. The zero-order valence-electron chi connectivity index (χ0n) is 11.7. The number of rotatable bonds is 4. The highest BCUT2D eigenvalue weighted by molar-refractivity contribution is 9.10. The first-order chi connectivity index (χ1) is 9.90. The lowest BCUT2D eigenvalue weighted by Crippen LogP contribution is -2.23. The number of nitrogens with zero attached hydrogens (tertiary/aromatic N) is 1. The van der Waals surface area contributed by atoms with Gasteiger partial charge in [-0.3, -0.25) is 0 Å². The summed E-state index contributed by atoms with van der Waals surface area (Å²) in [4.78, 5) is 13.4. The van der Waals surface area contributed by atoms with Crippen LogP contribution in [0.1, 0.15) is 28.9 Å². The van der Waals surface area contributed by atoms with Gasteiger partial charge in [-0.15, -0.1) is 0 Å². The Kier molecular flexibility index (Phi) is 4.91. The maximum atomic E-state index is 11.4. The molecule has 0 fully saturated rings. The van der Waals surface area contributed by atoms with Gasteiger partial charge in [0.2, 0.25) is 0 Å². The van der Waals surface area contributed by atoms with E-state index in [1.54, 1.807) is 12.1 Å². The largest absolute Gasteiger partial charge is 0.478 e. The molecule has 2 rings (SSSR count). The minimum absolute atomic E-state index is 0.00276. The molecule has 0 heterocycles. The van der Waals surface area contributed by atoms with Crippen molar-refractivity contribution < 1.29 is 9.90 Å². The number of anilines is 1. The van der Waals surface area contributed by atoms with Gasteiger partial charge in [0.05, 0.1) is 17.3 Å². The molecule has 2 aromatic carbocycles. The normalized spacial score (nSPS) is 12.0. The Labute approximate surface area is 137 Å². The van der Waals surface area contributed by atoms with Gasteiger partial charge in [-0.2, -0.15) is 0 Å². The first-order valence-electron chi connectivity index (χ1n) is 6.41. The molecule has 0 aromatic heterocycles. The number of aromatic carboxylic acids is 1. The number of hydrogen-bond donors (Lipinski definition) is 1. The average molecular weight is 369 g/mol. The Hall–Kier alpha value is -1.52. The monoisotopic (exact) mass is 367 g/mol. The van der Waals surface area contributed by atoms with Crippen molar-refractivity contribution in [1.82, 2.24) is 0 Å². The molecule has 0 amide bonds. The van der Waals surface area contributed by atoms with Crippen LogP contribution in [0, 0.1) is 0 Å². The van der Waals surface area contributed by atoms with Gasteiger partial charge in [-0.05, 0) is 42.8 Å². The molecule has 0 radical (unpaired) electrons. The quantitative estimate of drug-likeness (QED) is 0.825. The first-order valence-corrected chi connectivity index (χ1v) is 7.58. The molecule has 1 N–H and O–H groups in total. The van der Waals surface area contributed by atoms with E-state index in [1.807, 2.05) is 49.2 Å². The summed E-state index contributed by atoms with van der Waals surface area (Å²) in [5, 5.41) is 10.0. The van der Waals surface area contributed by atoms with Crippen molar-refractivity contribution >= 4 is 39.2 Å². The second-order valence-corrected chi connectivity index (χ2v) is 6.16. The predicted molar refractivity (Wildman–Crippen MR) is 89.4 cm³/mol. The fourth-order valence-corrected chi connectivity index (χ4v) is 2.75. The molecule has 2 aromatic rings. The molecule has 110 valence electrons. The van der Waals surface area contributed by atoms with Crippen molar-refractivity contribution in [3.63, 3.8) is 0 Å². The summed E-state index contributed by atoms with van der Waals surface area (Å²) in [6.07, 6.45) is 0. The van der Waals surface area contributed by atoms with Crippen molar-refractivity contribution in [1.29, 1.82) is 0 Å². The minimum atomic E-state index is -0.948. The summed E-state index contributed by atoms with van der Waals surface area (Å²) in [6, 6.07) is 12.8. The van der Waals surface area contributed by atoms with Crippen LogP contribution in [-0.2, 0) is 0 Å². The number of benzene rings is 2. The number of carboxylic acid groups (broad SMARTS) is 1. The van der Waals surface area contributed by atoms with Gasteiger partial charge in [0.1, 0.15) is 0 Å². The molecular formula is C16H15BrClNO2. The van der Waals surface area contributed by atoms with Crippen LogP contribution in [0.2, 0.25) is 5.02 Å². The minimum Gasteiger partial charge on any atom is -0.478 e. The maximum Gasteiger partial charge on any atom is 0.337 e. The van der Waals surface area contributed by atoms with Crippen LogP contribution >= 0.6 is 27.5 Å². The van der Waals surface area contributed by atoms with E-state index in [2.05, 4.69) is 15.9 Å². The summed E-state index contributed by atoms with van der Waals surface area (Å²) >= 11 is 9.33. The highest BCUT2D eigenvalue weighted by Crippen LogP contribution is 2.31. The van der Waals surface area contributed by atoms with Gasteiger partial charge in [0.15, 0.2) is 0 Å². The lowest BCUT2D eigenvalue weighted by atomic mass is 10.1. The molecule has 3 nitrogen and oxygen atoms in total. The molecule has 0 spiro atoms. The summed E-state index contributed by atoms with van der Waals surface area (Å²) in [5.74, 6) is -0.948. The standard InChI is InChI=1S/C16H15BrClNO2/c1-10(11-4-3-5-13(18)8-11)19(2)15-7-6-12(17)9-14(15)16(20)21/h3-10H,1-2H3,(H,20,21). The molecule has 0 aliphatic heterocycles. The van der Waals surface area contributed by atoms with E-state index in [4.69, 9.17) is 11.6 Å². The van der Waals surface area contributed by atoms with Crippen LogP contribution in [0.25, 0.3) is 0 Å². The SMILES string of the molecule is CC(c1cccc(Cl)c1)N(C)c1ccc(Br)cc1C(=O)O. The number of halogens is 2. The Morgan fingerprint density at radius 3 is 2.62 bits per heavy atom. The van der Waals surface area contributed by atoms with Crippen molar-refractivity contribution in [2.45, 2.75) is 13.0 Å². The van der Waals surface area contributed by atoms with E-state index < -0.39 is 5.97 Å². The Morgan fingerprint density at radius 1 is 1.29 bits per heavy atom. The number of carboxylic acids is 1. The van der Waals surface area contributed by atoms with Crippen LogP contribution in [-0.4, -0.2) is 18.1 Å². The van der Waals surface area contributed by atoms with Crippen LogP contribution in [0.3, 0.4) is 0 Å². The second kappa shape index (κ2) is 6.50. The number of hydrogen-bond acceptors (Lipinski definition) is 2. The van der Waals surface area contributed by atoms with Crippen molar-refractivity contribution in [2.24, 2.45) is 0 Å². The van der Waals surface area contributed by atoms with Crippen molar-refractivity contribution in [2.75, 3.05) is 11.9 Å². The Bertz CT molecular complexity index is 675. The molecule has 5 heteroatoms. The number of carbonyl (C=O) groups is 1. The van der Waals surface area contributed by atoms with Crippen LogP contribution in [0.15, 0.2) is 46.9 Å². The molecule has 0 aliphatic rings. The molecule has 1 atom stereocenters. The van der Waals surface area contributed by atoms with E-state index in [1.165, 1.54) is 0 Å². The third kappa shape index (κ3) is 3.57. The molecule has 21 heavy (non-hydrogen) atoms. The second-order valence-electron chi connectivity index (χ2n) is 4.81. The zero-order valence-corrected chi connectivity index (χ0v) is 14.0. The van der Waals surface area contributed by atoms with Gasteiger partial charge in [0, 0.05) is 16.5 Å². The highest BCUT2D eigenvalue weighted by atomic mass is 79.9. The zero-order chi connectivity index (χ0) is 15.6. The Balaban J connectivity index is 2.40. The van der Waals surface area contributed by atoms with E-state index >= 15 is 0 Å². The summed E-state index contributed by atoms with van der Waals surface area (Å²) < 4.78 is 0.743. The van der Waals surface area contributed by atoms with E-state index in [-0.39, 0.29) is 11.6 Å². The average Bonchev–Trinajstić information content (AvgIpc) is 2.45. The van der Waals surface area contributed by atoms with E-state index in [0.29, 0.717) is 10.7 Å². The highest BCUT2D eigenvalue weighted by Gasteiger charge is 2.19. The van der Waals surface area contributed by atoms with Gasteiger partial charge in [-0.25, -0.2) is 4.79 Å². The smallest absolute Gasteiger partial charge is 0.337 e.